The van der Waals surface area contributed by atoms with Crippen LogP contribution in [0.25, 0.3) is 0 Å². The van der Waals surface area contributed by atoms with Gasteiger partial charge in [-0.25, -0.2) is 0 Å². The number of ether oxygens (including phenoxy) is 1. The summed E-state index contributed by atoms with van der Waals surface area (Å²) in [5.41, 5.74) is -0.0751. The average molecular weight is 282 g/mol. The van der Waals surface area contributed by atoms with Crippen molar-refractivity contribution in [1.82, 2.24) is 0 Å². The lowest BCUT2D eigenvalue weighted by molar-refractivity contribution is -0.149. The SMILES string of the molecule is CCCCOC(=O)C1(CI)CC1. The summed E-state index contributed by atoms with van der Waals surface area (Å²) >= 11 is 2.27. The number of carbonyl (C=O) groups is 1. The molecule has 0 aromatic carbocycles. The van der Waals surface area contributed by atoms with E-state index in [0.29, 0.717) is 6.61 Å². The van der Waals surface area contributed by atoms with Gasteiger partial charge in [-0.05, 0) is 19.3 Å². The number of unbranched alkanes of at least 4 members (excludes halogenated alkanes) is 1. The van der Waals surface area contributed by atoms with Gasteiger partial charge in [-0.3, -0.25) is 4.79 Å². The van der Waals surface area contributed by atoms with E-state index in [-0.39, 0.29) is 11.4 Å². The minimum Gasteiger partial charge on any atom is -0.465 e. The second kappa shape index (κ2) is 4.44. The summed E-state index contributed by atoms with van der Waals surface area (Å²) in [5.74, 6) is 0.0327. The van der Waals surface area contributed by atoms with Crippen molar-refractivity contribution < 1.29 is 9.53 Å². The van der Waals surface area contributed by atoms with E-state index in [0.717, 1.165) is 30.1 Å². The molecule has 0 unspecified atom stereocenters. The van der Waals surface area contributed by atoms with Crippen LogP contribution < -0.4 is 0 Å². The van der Waals surface area contributed by atoms with Crippen LogP contribution in [0.15, 0.2) is 0 Å². The lowest BCUT2D eigenvalue weighted by Gasteiger charge is -2.10. The molecule has 0 heterocycles. The van der Waals surface area contributed by atoms with E-state index in [9.17, 15) is 4.79 Å². The van der Waals surface area contributed by atoms with Gasteiger partial charge < -0.3 is 4.74 Å². The summed E-state index contributed by atoms with van der Waals surface area (Å²) in [6, 6.07) is 0. The van der Waals surface area contributed by atoms with Crippen molar-refractivity contribution >= 4 is 28.6 Å². The van der Waals surface area contributed by atoms with Gasteiger partial charge in [-0.1, -0.05) is 35.9 Å². The van der Waals surface area contributed by atoms with Crippen LogP contribution in [0.1, 0.15) is 32.6 Å². The van der Waals surface area contributed by atoms with Crippen LogP contribution in [0.4, 0.5) is 0 Å². The highest BCUT2D eigenvalue weighted by Crippen LogP contribution is 2.48. The highest BCUT2D eigenvalue weighted by atomic mass is 127. The molecule has 0 N–H and O–H groups in total. The molecular weight excluding hydrogens is 267 g/mol. The molecule has 0 bridgehead atoms. The van der Waals surface area contributed by atoms with Gasteiger partial charge in [0.2, 0.25) is 0 Å². The molecule has 12 heavy (non-hydrogen) atoms. The summed E-state index contributed by atoms with van der Waals surface area (Å²) in [6.45, 7) is 2.70. The first-order valence-corrected chi connectivity index (χ1v) is 6.01. The number of halogens is 1. The highest BCUT2D eigenvalue weighted by molar-refractivity contribution is 14.1. The Morgan fingerprint density at radius 2 is 2.25 bits per heavy atom. The first-order chi connectivity index (χ1) is 5.75. The van der Waals surface area contributed by atoms with E-state index >= 15 is 0 Å². The molecule has 0 amide bonds. The van der Waals surface area contributed by atoms with Crippen LogP contribution in [0.2, 0.25) is 0 Å². The molecule has 0 radical (unpaired) electrons. The van der Waals surface area contributed by atoms with Crippen molar-refractivity contribution in [3.05, 3.63) is 0 Å². The van der Waals surface area contributed by atoms with Gasteiger partial charge in [0.15, 0.2) is 0 Å². The molecule has 1 fully saturated rings. The third kappa shape index (κ3) is 2.34. The van der Waals surface area contributed by atoms with Gasteiger partial charge in [0, 0.05) is 4.43 Å². The monoisotopic (exact) mass is 282 g/mol. The normalized spacial score (nSPS) is 18.8. The Labute approximate surface area is 87.2 Å². The van der Waals surface area contributed by atoms with E-state index in [2.05, 4.69) is 29.5 Å². The van der Waals surface area contributed by atoms with Gasteiger partial charge in [0.1, 0.15) is 0 Å². The largest absolute Gasteiger partial charge is 0.465 e. The summed E-state index contributed by atoms with van der Waals surface area (Å²) in [6.07, 6.45) is 4.13. The minimum atomic E-state index is -0.0751. The zero-order valence-corrected chi connectivity index (χ0v) is 9.59. The predicted octanol–water partition coefficient (Wildman–Crippen LogP) is 2.54. The highest BCUT2D eigenvalue weighted by Gasteiger charge is 2.50. The molecule has 3 heteroatoms. The first-order valence-electron chi connectivity index (χ1n) is 4.48. The fraction of sp³-hybridized carbons (Fsp3) is 0.889. The van der Waals surface area contributed by atoms with Crippen LogP contribution in [0, 0.1) is 5.41 Å². The number of alkyl halides is 1. The Kier molecular flexibility index (Phi) is 3.80. The number of hydrogen-bond acceptors (Lipinski definition) is 2. The maximum absolute atomic E-state index is 11.4. The Morgan fingerprint density at radius 3 is 2.67 bits per heavy atom. The Hall–Kier alpha value is 0.200. The molecule has 0 aromatic heterocycles. The maximum atomic E-state index is 11.4. The number of esters is 1. The van der Waals surface area contributed by atoms with Crippen LogP contribution in [0.5, 0.6) is 0 Å². The standard InChI is InChI=1S/C9H15IO2/c1-2-3-6-12-8(11)9(7-10)4-5-9/h2-7H2,1H3. The zero-order valence-electron chi connectivity index (χ0n) is 7.44. The topological polar surface area (TPSA) is 26.3 Å². The molecular formula is C9H15IO2. The molecule has 2 nitrogen and oxygen atoms in total. The van der Waals surface area contributed by atoms with Crippen LogP contribution >= 0.6 is 22.6 Å². The lowest BCUT2D eigenvalue weighted by atomic mass is 10.1. The van der Waals surface area contributed by atoms with Crippen molar-refractivity contribution in [3.8, 4) is 0 Å². The zero-order chi connectivity index (χ0) is 9.03. The summed E-state index contributed by atoms with van der Waals surface area (Å²) in [7, 11) is 0. The first kappa shape index (κ1) is 10.3. The Balaban J connectivity index is 2.20. The van der Waals surface area contributed by atoms with E-state index in [1.165, 1.54) is 0 Å². The predicted molar refractivity (Wildman–Crippen MR) is 56.4 cm³/mol. The van der Waals surface area contributed by atoms with Gasteiger partial charge in [0.05, 0.1) is 12.0 Å². The van der Waals surface area contributed by atoms with Crippen molar-refractivity contribution in [3.63, 3.8) is 0 Å². The molecule has 0 aromatic rings. The van der Waals surface area contributed by atoms with Crippen molar-refractivity contribution in [2.75, 3.05) is 11.0 Å². The summed E-state index contributed by atoms with van der Waals surface area (Å²) in [5, 5.41) is 0. The van der Waals surface area contributed by atoms with Crippen LogP contribution in [-0.4, -0.2) is 17.0 Å². The van der Waals surface area contributed by atoms with Crippen molar-refractivity contribution in [2.24, 2.45) is 5.41 Å². The number of hydrogen-bond donors (Lipinski definition) is 0. The van der Waals surface area contributed by atoms with E-state index < -0.39 is 0 Å². The molecule has 0 atom stereocenters. The molecule has 0 spiro atoms. The van der Waals surface area contributed by atoms with Gasteiger partial charge in [-0.2, -0.15) is 0 Å². The van der Waals surface area contributed by atoms with Gasteiger partial charge in [-0.15, -0.1) is 0 Å². The minimum absolute atomic E-state index is 0.0327. The molecule has 70 valence electrons. The quantitative estimate of drug-likeness (QED) is 0.335. The van der Waals surface area contributed by atoms with E-state index in [4.69, 9.17) is 4.74 Å². The number of rotatable bonds is 5. The molecule has 1 aliphatic rings. The fourth-order valence-corrected chi connectivity index (χ4v) is 2.08. The molecule has 0 saturated heterocycles. The lowest BCUT2D eigenvalue weighted by Crippen LogP contribution is -2.20. The molecule has 1 aliphatic carbocycles. The van der Waals surface area contributed by atoms with Crippen molar-refractivity contribution in [1.29, 1.82) is 0 Å². The second-order valence-corrected chi connectivity index (χ2v) is 4.17. The summed E-state index contributed by atoms with van der Waals surface area (Å²) < 4.78 is 6.07. The Morgan fingerprint density at radius 1 is 1.58 bits per heavy atom. The maximum Gasteiger partial charge on any atom is 0.312 e. The van der Waals surface area contributed by atoms with E-state index in [1.54, 1.807) is 0 Å². The van der Waals surface area contributed by atoms with Gasteiger partial charge in [0.25, 0.3) is 0 Å². The van der Waals surface area contributed by atoms with Crippen LogP contribution in [0.3, 0.4) is 0 Å². The van der Waals surface area contributed by atoms with Crippen LogP contribution in [-0.2, 0) is 9.53 Å². The molecule has 1 saturated carbocycles. The Bertz CT molecular complexity index is 164. The second-order valence-electron chi connectivity index (χ2n) is 3.40. The third-order valence-electron chi connectivity index (χ3n) is 2.27. The third-order valence-corrected chi connectivity index (χ3v) is 3.73. The van der Waals surface area contributed by atoms with Gasteiger partial charge >= 0.3 is 5.97 Å². The number of carbonyl (C=O) groups excluding carboxylic acids is 1. The smallest absolute Gasteiger partial charge is 0.312 e. The summed E-state index contributed by atoms with van der Waals surface area (Å²) in [4.78, 5) is 11.4. The molecule has 1 rings (SSSR count). The van der Waals surface area contributed by atoms with Crippen molar-refractivity contribution in [2.45, 2.75) is 32.6 Å². The molecule has 0 aliphatic heterocycles. The van der Waals surface area contributed by atoms with E-state index in [1.807, 2.05) is 0 Å². The fourth-order valence-electron chi connectivity index (χ4n) is 1.01. The average Bonchev–Trinajstić information content (AvgIpc) is 2.85.